The highest BCUT2D eigenvalue weighted by Crippen LogP contribution is 2.30. The van der Waals surface area contributed by atoms with Crippen molar-refractivity contribution in [2.75, 3.05) is 10.6 Å². The second kappa shape index (κ2) is 8.35. The SMILES string of the molecule is O=C(CC[C@@H]1Cc2ccccc2NC1=O)Nc1ccc(OC(F)F)c(Cl)c1. The molecule has 0 bridgehead atoms. The molecule has 5 nitrogen and oxygen atoms in total. The number of para-hydroxylation sites is 1. The minimum atomic E-state index is -2.98. The molecule has 142 valence electrons. The van der Waals surface area contributed by atoms with Crippen molar-refractivity contribution in [3.8, 4) is 5.75 Å². The van der Waals surface area contributed by atoms with Crippen LogP contribution >= 0.6 is 11.6 Å². The predicted octanol–water partition coefficient (Wildman–Crippen LogP) is 4.47. The Hall–Kier alpha value is -2.67. The van der Waals surface area contributed by atoms with Crippen LogP contribution in [-0.2, 0) is 16.0 Å². The molecule has 0 fully saturated rings. The lowest BCUT2D eigenvalue weighted by Gasteiger charge is -2.24. The summed E-state index contributed by atoms with van der Waals surface area (Å²) >= 11 is 5.86. The number of amides is 2. The molecule has 1 atom stereocenters. The Morgan fingerprint density at radius 3 is 2.81 bits per heavy atom. The van der Waals surface area contributed by atoms with Gasteiger partial charge in [0.2, 0.25) is 11.8 Å². The van der Waals surface area contributed by atoms with Gasteiger partial charge in [-0.25, -0.2) is 0 Å². The maximum absolute atomic E-state index is 12.2. The highest BCUT2D eigenvalue weighted by molar-refractivity contribution is 6.32. The quantitative estimate of drug-likeness (QED) is 0.759. The monoisotopic (exact) mass is 394 g/mol. The molecule has 3 rings (SSSR count). The molecule has 2 amide bonds. The van der Waals surface area contributed by atoms with Gasteiger partial charge in [0.25, 0.3) is 0 Å². The van der Waals surface area contributed by atoms with Crippen molar-refractivity contribution in [3.05, 3.63) is 53.1 Å². The molecule has 1 heterocycles. The summed E-state index contributed by atoms with van der Waals surface area (Å²) in [6.07, 6.45) is 1.13. The van der Waals surface area contributed by atoms with E-state index in [1.807, 2.05) is 24.3 Å². The van der Waals surface area contributed by atoms with E-state index in [1.165, 1.54) is 18.2 Å². The number of nitrogens with one attached hydrogen (secondary N) is 2. The topological polar surface area (TPSA) is 67.4 Å². The number of fused-ring (bicyclic) bond motifs is 1. The van der Waals surface area contributed by atoms with E-state index in [2.05, 4.69) is 15.4 Å². The van der Waals surface area contributed by atoms with Crippen molar-refractivity contribution in [2.24, 2.45) is 5.92 Å². The number of rotatable bonds is 6. The highest BCUT2D eigenvalue weighted by Gasteiger charge is 2.26. The smallest absolute Gasteiger partial charge is 0.387 e. The zero-order valence-corrected chi connectivity index (χ0v) is 14.9. The Labute approximate surface area is 159 Å². The molecule has 0 aromatic heterocycles. The fraction of sp³-hybridized carbons (Fsp3) is 0.263. The molecule has 2 aromatic carbocycles. The van der Waals surface area contributed by atoms with Gasteiger partial charge in [0, 0.05) is 23.7 Å². The van der Waals surface area contributed by atoms with Crippen LogP contribution in [0.4, 0.5) is 20.2 Å². The van der Waals surface area contributed by atoms with Crippen molar-refractivity contribution in [2.45, 2.75) is 25.9 Å². The zero-order valence-electron chi connectivity index (χ0n) is 14.2. The summed E-state index contributed by atoms with van der Waals surface area (Å²) in [5, 5.41) is 5.46. The summed E-state index contributed by atoms with van der Waals surface area (Å²) in [6, 6.07) is 11.6. The minimum absolute atomic E-state index is 0.0311. The molecule has 2 N–H and O–H groups in total. The molecule has 0 saturated carbocycles. The van der Waals surface area contributed by atoms with Gasteiger partial charge in [-0.15, -0.1) is 0 Å². The van der Waals surface area contributed by atoms with Crippen LogP contribution in [0.1, 0.15) is 18.4 Å². The number of halogens is 3. The summed E-state index contributed by atoms with van der Waals surface area (Å²) in [5.74, 6) is -0.837. The summed E-state index contributed by atoms with van der Waals surface area (Å²) in [5.41, 5.74) is 2.22. The first-order valence-corrected chi connectivity index (χ1v) is 8.73. The molecule has 1 aliphatic rings. The summed E-state index contributed by atoms with van der Waals surface area (Å²) < 4.78 is 28.7. The Bertz CT molecular complexity index is 861. The van der Waals surface area contributed by atoms with Crippen LogP contribution in [0.15, 0.2) is 42.5 Å². The summed E-state index contributed by atoms with van der Waals surface area (Å²) in [7, 11) is 0. The predicted molar refractivity (Wildman–Crippen MR) is 98.2 cm³/mol. The van der Waals surface area contributed by atoms with E-state index in [1.54, 1.807) is 0 Å². The Morgan fingerprint density at radius 2 is 2.07 bits per heavy atom. The minimum Gasteiger partial charge on any atom is -0.433 e. The van der Waals surface area contributed by atoms with E-state index in [0.29, 0.717) is 18.5 Å². The molecule has 0 saturated heterocycles. The van der Waals surface area contributed by atoms with Gasteiger partial charge in [-0.2, -0.15) is 8.78 Å². The van der Waals surface area contributed by atoms with Gasteiger partial charge in [-0.05, 0) is 42.7 Å². The van der Waals surface area contributed by atoms with Crippen molar-refractivity contribution >= 4 is 34.8 Å². The fourth-order valence-electron chi connectivity index (χ4n) is 2.95. The van der Waals surface area contributed by atoms with E-state index in [0.717, 1.165) is 11.3 Å². The lowest BCUT2D eigenvalue weighted by Crippen LogP contribution is -2.30. The number of alkyl halides is 2. The van der Waals surface area contributed by atoms with Crippen LogP contribution in [0.5, 0.6) is 5.75 Å². The molecule has 2 aromatic rings. The molecule has 0 spiro atoms. The Balaban J connectivity index is 1.54. The number of hydrogen-bond donors (Lipinski definition) is 2. The van der Waals surface area contributed by atoms with E-state index < -0.39 is 6.61 Å². The maximum Gasteiger partial charge on any atom is 0.387 e. The number of carbonyl (C=O) groups excluding carboxylic acids is 2. The summed E-state index contributed by atoms with van der Waals surface area (Å²) in [4.78, 5) is 24.3. The van der Waals surface area contributed by atoms with Crippen molar-refractivity contribution in [3.63, 3.8) is 0 Å². The van der Waals surface area contributed by atoms with Crippen LogP contribution < -0.4 is 15.4 Å². The zero-order chi connectivity index (χ0) is 19.4. The molecular weight excluding hydrogens is 378 g/mol. The molecule has 8 heteroatoms. The second-order valence-electron chi connectivity index (χ2n) is 6.16. The lowest BCUT2D eigenvalue weighted by atomic mass is 9.89. The highest BCUT2D eigenvalue weighted by atomic mass is 35.5. The van der Waals surface area contributed by atoms with Gasteiger partial charge in [0.05, 0.1) is 5.02 Å². The fourth-order valence-corrected chi connectivity index (χ4v) is 3.17. The van der Waals surface area contributed by atoms with E-state index in [9.17, 15) is 18.4 Å². The Morgan fingerprint density at radius 1 is 1.30 bits per heavy atom. The first kappa shape index (κ1) is 19.1. The number of ether oxygens (including phenoxy) is 1. The van der Waals surface area contributed by atoms with Gasteiger partial charge < -0.3 is 15.4 Å². The van der Waals surface area contributed by atoms with Crippen LogP contribution in [-0.4, -0.2) is 18.4 Å². The molecular formula is C19H17ClF2N2O3. The lowest BCUT2D eigenvalue weighted by molar-refractivity contribution is -0.121. The Kier molecular flexibility index (Phi) is 5.91. The third-order valence-electron chi connectivity index (χ3n) is 4.26. The normalized spacial score (nSPS) is 15.9. The van der Waals surface area contributed by atoms with Gasteiger partial charge in [0.15, 0.2) is 0 Å². The van der Waals surface area contributed by atoms with Crippen LogP contribution in [0, 0.1) is 5.92 Å². The maximum atomic E-state index is 12.2. The van der Waals surface area contributed by atoms with E-state index >= 15 is 0 Å². The first-order chi connectivity index (χ1) is 12.9. The van der Waals surface area contributed by atoms with Gasteiger partial charge in [-0.3, -0.25) is 9.59 Å². The molecule has 27 heavy (non-hydrogen) atoms. The number of anilines is 2. The third-order valence-corrected chi connectivity index (χ3v) is 4.56. The van der Waals surface area contributed by atoms with Gasteiger partial charge >= 0.3 is 6.61 Å². The molecule has 0 aliphatic carbocycles. The standard InChI is InChI=1S/C19H17ClF2N2O3/c20-14-10-13(6-7-16(14)27-19(21)22)23-17(25)8-5-12-9-11-3-1-2-4-15(11)24-18(12)26/h1-4,6-7,10,12,19H,5,8-9H2,(H,23,25)(H,24,26)/t12-/m1/s1. The molecule has 0 unspecified atom stereocenters. The van der Waals surface area contributed by atoms with Crippen LogP contribution in [0.25, 0.3) is 0 Å². The second-order valence-corrected chi connectivity index (χ2v) is 6.57. The van der Waals surface area contributed by atoms with Crippen molar-refractivity contribution in [1.29, 1.82) is 0 Å². The van der Waals surface area contributed by atoms with E-state index in [4.69, 9.17) is 11.6 Å². The van der Waals surface area contributed by atoms with Crippen LogP contribution in [0.2, 0.25) is 5.02 Å². The molecule has 0 radical (unpaired) electrons. The molecule has 1 aliphatic heterocycles. The number of benzene rings is 2. The van der Waals surface area contributed by atoms with Crippen LogP contribution in [0.3, 0.4) is 0 Å². The van der Waals surface area contributed by atoms with E-state index in [-0.39, 0.29) is 34.9 Å². The van der Waals surface area contributed by atoms with Gasteiger partial charge in [0.1, 0.15) is 5.75 Å². The number of carbonyl (C=O) groups is 2. The average molecular weight is 395 g/mol. The van der Waals surface area contributed by atoms with Crippen molar-refractivity contribution in [1.82, 2.24) is 0 Å². The third kappa shape index (κ3) is 4.95. The summed E-state index contributed by atoms with van der Waals surface area (Å²) in [6.45, 7) is -2.98. The largest absolute Gasteiger partial charge is 0.433 e. The first-order valence-electron chi connectivity index (χ1n) is 8.35. The number of hydrogen-bond acceptors (Lipinski definition) is 3. The average Bonchev–Trinajstić information content (AvgIpc) is 2.62. The van der Waals surface area contributed by atoms with Gasteiger partial charge in [-0.1, -0.05) is 29.8 Å². The van der Waals surface area contributed by atoms with Crippen molar-refractivity contribution < 1.29 is 23.1 Å².